The number of rotatable bonds is 5. The Morgan fingerprint density at radius 2 is 1.22 bits per heavy atom. The van der Waals surface area contributed by atoms with E-state index in [1.807, 2.05) is 110 Å². The molecule has 5 aromatic rings. The number of para-hydroxylation sites is 2. The fourth-order valence-corrected chi connectivity index (χ4v) is 6.80. The van der Waals surface area contributed by atoms with Crippen molar-refractivity contribution in [3.05, 3.63) is 164 Å². The topological polar surface area (TPSA) is 56.1 Å². The van der Waals surface area contributed by atoms with Crippen molar-refractivity contribution in [2.45, 2.75) is 58.9 Å². The molecule has 0 radical (unpaired) electrons. The molecule has 5 aromatic carbocycles. The summed E-state index contributed by atoms with van der Waals surface area (Å²) in [6.45, 7) is 20.9. The standard InChI is InChI=1S/C29H34I2N2O2.2C7H7.Zr/c1-28(2,3)20-12-18(26(34)22(14-20)29(4,5)6)16-32-24-10-8-9-11-25(24)33(7)17-19-13-21(30)15-23(31)27(19)35;2*1-7-5-3-2-4-6-7;/h8-16,34-35H,17H2,1-7H3;2*2-6H,1H2;/q;2*-1;. The van der Waals surface area contributed by atoms with E-state index in [9.17, 15) is 10.2 Å². The van der Waals surface area contributed by atoms with E-state index in [-0.39, 0.29) is 42.8 Å². The Labute approximate surface area is 346 Å². The van der Waals surface area contributed by atoms with Gasteiger partial charge in [0, 0.05) is 66.3 Å². The summed E-state index contributed by atoms with van der Waals surface area (Å²) >= 11 is 4.44. The zero-order valence-corrected chi connectivity index (χ0v) is 36.9. The first kappa shape index (κ1) is 43.4. The van der Waals surface area contributed by atoms with E-state index in [2.05, 4.69) is 112 Å². The van der Waals surface area contributed by atoms with Crippen molar-refractivity contribution in [1.29, 1.82) is 0 Å². The van der Waals surface area contributed by atoms with Crippen LogP contribution in [0.2, 0.25) is 0 Å². The Kier molecular flexibility index (Phi) is 17.1. The zero-order chi connectivity index (χ0) is 36.4. The second-order valence-corrected chi connectivity index (χ2v) is 16.3. The van der Waals surface area contributed by atoms with Crippen LogP contribution in [0.5, 0.6) is 11.5 Å². The number of phenolic OH excluding ortho intramolecular Hbond substituents is 2. The first-order valence-corrected chi connectivity index (χ1v) is 18.3. The Hall–Kier alpha value is -2.75. The molecule has 7 heteroatoms. The molecule has 50 heavy (non-hydrogen) atoms. The van der Waals surface area contributed by atoms with Crippen molar-refractivity contribution in [1.82, 2.24) is 0 Å². The summed E-state index contributed by atoms with van der Waals surface area (Å²) in [5.74, 6) is 0.593. The van der Waals surface area contributed by atoms with Crippen LogP contribution in [0.3, 0.4) is 0 Å². The Bertz CT molecular complexity index is 1790. The minimum absolute atomic E-state index is 0. The van der Waals surface area contributed by atoms with Gasteiger partial charge in [0.25, 0.3) is 0 Å². The molecule has 0 bridgehead atoms. The molecule has 2 N–H and O–H groups in total. The first-order valence-electron chi connectivity index (χ1n) is 16.1. The van der Waals surface area contributed by atoms with Gasteiger partial charge in [-0.1, -0.05) is 71.9 Å². The van der Waals surface area contributed by atoms with Crippen molar-refractivity contribution < 1.29 is 36.4 Å². The number of halogens is 2. The van der Waals surface area contributed by atoms with Gasteiger partial charge in [-0.15, -0.1) is 24.3 Å². The molecule has 4 nitrogen and oxygen atoms in total. The largest absolute Gasteiger partial charge is 0.507 e. The van der Waals surface area contributed by atoms with E-state index in [0.29, 0.717) is 17.9 Å². The molecule has 0 saturated heterocycles. The SMILES string of the molecule is CN(Cc1cc(I)cc(I)c1O)c1ccccc1N=Cc1cc(C(C)(C)C)cc(C(C)(C)C)c1O.[CH2-]c1ccccc1.[CH2-]c1ccccc1.[Zr]. The fraction of sp³-hybridized carbons (Fsp3) is 0.233. The van der Waals surface area contributed by atoms with E-state index in [4.69, 9.17) is 4.99 Å². The van der Waals surface area contributed by atoms with Gasteiger partial charge in [0.15, 0.2) is 0 Å². The van der Waals surface area contributed by atoms with Crippen molar-refractivity contribution in [2.24, 2.45) is 4.99 Å². The maximum absolute atomic E-state index is 11.1. The van der Waals surface area contributed by atoms with Crippen LogP contribution < -0.4 is 4.90 Å². The molecule has 0 unspecified atom stereocenters. The summed E-state index contributed by atoms with van der Waals surface area (Å²) < 4.78 is 1.93. The second-order valence-electron chi connectivity index (χ2n) is 13.9. The Morgan fingerprint density at radius 1 is 0.700 bits per heavy atom. The second kappa shape index (κ2) is 19.7. The Morgan fingerprint density at radius 3 is 1.70 bits per heavy atom. The van der Waals surface area contributed by atoms with Gasteiger partial charge >= 0.3 is 0 Å². The van der Waals surface area contributed by atoms with Gasteiger partial charge in [-0.3, -0.25) is 4.99 Å². The molecule has 0 aliphatic rings. The fourth-order valence-electron chi connectivity index (χ4n) is 4.83. The van der Waals surface area contributed by atoms with Crippen LogP contribution in [0, 0.1) is 21.0 Å². The van der Waals surface area contributed by atoms with Crippen molar-refractivity contribution in [3.63, 3.8) is 0 Å². The number of aromatic hydroxyl groups is 2. The molecule has 0 amide bonds. The molecular weight excluding hydrogens is 922 g/mol. The summed E-state index contributed by atoms with van der Waals surface area (Å²) in [4.78, 5) is 6.89. The van der Waals surface area contributed by atoms with Crippen LogP contribution in [-0.4, -0.2) is 23.5 Å². The Balaban J connectivity index is 0.000000475. The van der Waals surface area contributed by atoms with Crippen LogP contribution in [0.4, 0.5) is 11.4 Å². The molecule has 5 rings (SSSR count). The average Bonchev–Trinajstić information content (AvgIpc) is 3.03. The average molecular weight is 970 g/mol. The van der Waals surface area contributed by atoms with Gasteiger partial charge in [-0.25, -0.2) is 0 Å². The molecule has 262 valence electrons. The van der Waals surface area contributed by atoms with Crippen LogP contribution in [-0.2, 0) is 43.6 Å². The van der Waals surface area contributed by atoms with E-state index < -0.39 is 0 Å². The number of aliphatic imine (C=N–C) groups is 1. The predicted molar refractivity (Wildman–Crippen MR) is 227 cm³/mol. The summed E-state index contributed by atoms with van der Waals surface area (Å²) in [6, 6.07) is 35.8. The number of nitrogens with zero attached hydrogens (tertiary/aromatic N) is 2. The van der Waals surface area contributed by atoms with Crippen molar-refractivity contribution in [2.75, 3.05) is 11.9 Å². The third kappa shape index (κ3) is 13.4. The van der Waals surface area contributed by atoms with E-state index in [1.54, 1.807) is 6.21 Å². The number of hydrogen-bond acceptors (Lipinski definition) is 4. The molecule has 0 atom stereocenters. The molecular formula is C43H48I2N2O2Zr-2. The van der Waals surface area contributed by atoms with Gasteiger partial charge in [-0.05, 0) is 91.9 Å². The van der Waals surface area contributed by atoms with Gasteiger partial charge in [-0.2, -0.15) is 49.2 Å². The molecule has 0 fully saturated rings. The molecule has 0 aliphatic carbocycles. The maximum Gasteiger partial charge on any atom is 0.133 e. The summed E-state index contributed by atoms with van der Waals surface area (Å²) in [7, 11) is 2.00. The normalized spacial score (nSPS) is 11.1. The van der Waals surface area contributed by atoms with Crippen molar-refractivity contribution >= 4 is 62.8 Å². The number of benzene rings is 5. The smallest absolute Gasteiger partial charge is 0.133 e. The maximum atomic E-state index is 11.1. The van der Waals surface area contributed by atoms with Gasteiger partial charge < -0.3 is 15.1 Å². The van der Waals surface area contributed by atoms with Crippen LogP contribution in [0.1, 0.15) is 74.9 Å². The minimum atomic E-state index is -0.196. The first-order chi connectivity index (χ1) is 23.0. The summed E-state index contributed by atoms with van der Waals surface area (Å²) in [5.41, 5.74) is 7.30. The number of hydrogen-bond donors (Lipinski definition) is 2. The predicted octanol–water partition coefficient (Wildman–Crippen LogP) is 12.0. The quantitative estimate of drug-likeness (QED) is 0.105. The van der Waals surface area contributed by atoms with Gasteiger partial charge in [0.2, 0.25) is 0 Å². The van der Waals surface area contributed by atoms with Crippen LogP contribution in [0.15, 0.2) is 114 Å². The molecule has 0 heterocycles. The third-order valence-electron chi connectivity index (χ3n) is 7.65. The number of phenols is 2. The molecule has 0 aromatic heterocycles. The summed E-state index contributed by atoms with van der Waals surface area (Å²) in [5, 5.41) is 21.7. The minimum Gasteiger partial charge on any atom is -0.507 e. The summed E-state index contributed by atoms with van der Waals surface area (Å²) in [6.07, 6.45) is 1.76. The molecule has 0 spiro atoms. The van der Waals surface area contributed by atoms with Crippen molar-refractivity contribution in [3.8, 4) is 11.5 Å². The van der Waals surface area contributed by atoms with Crippen LogP contribution >= 0.6 is 45.2 Å². The molecule has 0 saturated carbocycles. The monoisotopic (exact) mass is 968 g/mol. The van der Waals surface area contributed by atoms with Gasteiger partial charge in [0.05, 0.1) is 14.9 Å². The van der Waals surface area contributed by atoms with Gasteiger partial charge in [0.1, 0.15) is 11.5 Å². The van der Waals surface area contributed by atoms with E-state index >= 15 is 0 Å². The van der Waals surface area contributed by atoms with E-state index in [0.717, 1.165) is 46.3 Å². The number of anilines is 1. The van der Waals surface area contributed by atoms with E-state index in [1.165, 1.54) is 0 Å². The molecule has 0 aliphatic heterocycles. The third-order valence-corrected chi connectivity index (χ3v) is 9.09. The van der Waals surface area contributed by atoms with Crippen LogP contribution in [0.25, 0.3) is 0 Å². The zero-order valence-electron chi connectivity index (χ0n) is 30.1.